The molecule has 5 rings (SSSR count). The largest absolute Gasteiger partial charge is 0.342 e. The second kappa shape index (κ2) is 4.75. The number of nitrogens with zero attached hydrogens (tertiary/aromatic N) is 4. The van der Waals surface area contributed by atoms with Crippen LogP contribution in [0, 0.1) is 5.92 Å². The summed E-state index contributed by atoms with van der Waals surface area (Å²) in [6, 6.07) is 2.00. The molecule has 1 saturated heterocycles. The zero-order valence-corrected chi connectivity index (χ0v) is 12.7. The van der Waals surface area contributed by atoms with E-state index in [4.69, 9.17) is 0 Å². The van der Waals surface area contributed by atoms with Gasteiger partial charge in [-0.2, -0.15) is 5.10 Å². The third kappa shape index (κ3) is 2.01. The predicted octanol–water partition coefficient (Wildman–Crippen LogP) is 2.23. The van der Waals surface area contributed by atoms with Crippen molar-refractivity contribution in [2.24, 2.45) is 5.92 Å². The third-order valence-corrected chi connectivity index (χ3v) is 5.06. The van der Waals surface area contributed by atoms with Gasteiger partial charge in [-0.25, -0.2) is 9.97 Å². The first-order valence-electron chi connectivity index (χ1n) is 8.17. The number of H-pyrrole nitrogens is 1. The van der Waals surface area contributed by atoms with Crippen molar-refractivity contribution < 1.29 is 4.79 Å². The molecule has 0 aromatic carbocycles. The molecule has 1 aliphatic carbocycles. The fraction of sp³-hybridized carbons (Fsp3) is 0.412. The minimum Gasteiger partial charge on any atom is -0.342 e. The predicted molar refractivity (Wildman–Crippen MR) is 85.9 cm³/mol. The summed E-state index contributed by atoms with van der Waals surface area (Å²) in [7, 11) is 0. The second-order valence-corrected chi connectivity index (χ2v) is 6.60. The van der Waals surface area contributed by atoms with Gasteiger partial charge in [-0.1, -0.05) is 0 Å². The number of likely N-dealkylation sites (tertiary alicyclic amines) is 1. The number of hydrogen-bond donors (Lipinski definition) is 1. The Morgan fingerprint density at radius 3 is 3.00 bits per heavy atom. The van der Waals surface area contributed by atoms with Crippen molar-refractivity contribution in [2.45, 2.75) is 25.2 Å². The molecule has 23 heavy (non-hydrogen) atoms. The molecule has 2 fully saturated rings. The SMILES string of the molecule is O=C(C1CC1)N1CCC(c2[nH]ncc3cnc4nccc4c23)C1. The number of hydrogen-bond acceptors (Lipinski definition) is 4. The summed E-state index contributed by atoms with van der Waals surface area (Å²) in [4.78, 5) is 23.0. The molecule has 0 spiro atoms. The highest BCUT2D eigenvalue weighted by atomic mass is 16.2. The highest BCUT2D eigenvalue weighted by Crippen LogP contribution is 2.37. The lowest BCUT2D eigenvalue weighted by Crippen LogP contribution is -2.29. The van der Waals surface area contributed by atoms with Crippen LogP contribution in [0.5, 0.6) is 0 Å². The summed E-state index contributed by atoms with van der Waals surface area (Å²) in [5.41, 5.74) is 1.87. The topological polar surface area (TPSA) is 74.8 Å². The molecule has 1 amide bonds. The molecule has 0 bridgehead atoms. The van der Waals surface area contributed by atoms with Crippen LogP contribution in [-0.2, 0) is 4.79 Å². The van der Waals surface area contributed by atoms with Crippen LogP contribution < -0.4 is 0 Å². The van der Waals surface area contributed by atoms with Gasteiger partial charge in [0.25, 0.3) is 0 Å². The molecule has 1 saturated carbocycles. The van der Waals surface area contributed by atoms with Gasteiger partial charge in [0.15, 0.2) is 5.65 Å². The van der Waals surface area contributed by atoms with Crippen LogP contribution in [0.15, 0.2) is 24.7 Å². The Kier molecular flexibility index (Phi) is 2.68. The van der Waals surface area contributed by atoms with Crippen molar-refractivity contribution in [2.75, 3.05) is 13.1 Å². The third-order valence-electron chi connectivity index (χ3n) is 5.06. The molecule has 4 heterocycles. The summed E-state index contributed by atoms with van der Waals surface area (Å²) in [6.45, 7) is 1.63. The van der Waals surface area contributed by atoms with E-state index >= 15 is 0 Å². The first-order valence-corrected chi connectivity index (χ1v) is 8.17. The molecule has 0 radical (unpaired) electrons. The molecule has 2 aliphatic rings. The van der Waals surface area contributed by atoms with Gasteiger partial charge in [-0.3, -0.25) is 9.89 Å². The Balaban J connectivity index is 1.57. The van der Waals surface area contributed by atoms with Gasteiger partial charge >= 0.3 is 0 Å². The van der Waals surface area contributed by atoms with Gasteiger partial charge in [0.1, 0.15) is 0 Å². The van der Waals surface area contributed by atoms with Crippen LogP contribution in [0.1, 0.15) is 30.9 Å². The van der Waals surface area contributed by atoms with E-state index in [-0.39, 0.29) is 0 Å². The van der Waals surface area contributed by atoms with E-state index in [1.54, 1.807) is 12.4 Å². The molecule has 3 aromatic rings. The Morgan fingerprint density at radius 2 is 2.13 bits per heavy atom. The van der Waals surface area contributed by atoms with Crippen molar-refractivity contribution in [1.29, 1.82) is 0 Å². The molecular weight excluding hydrogens is 290 g/mol. The molecule has 1 atom stereocenters. The maximum Gasteiger partial charge on any atom is 0.225 e. The van der Waals surface area contributed by atoms with Gasteiger partial charge in [-0.15, -0.1) is 0 Å². The number of carbonyl (C=O) groups is 1. The van der Waals surface area contributed by atoms with Crippen molar-refractivity contribution in [3.05, 3.63) is 30.4 Å². The number of aromatic nitrogens is 4. The lowest BCUT2D eigenvalue weighted by Gasteiger charge is -2.17. The molecule has 1 N–H and O–H groups in total. The number of fused-ring (bicyclic) bond motifs is 3. The molecule has 1 unspecified atom stereocenters. The number of aromatic amines is 1. The number of rotatable bonds is 2. The number of nitrogens with one attached hydrogen (secondary N) is 1. The van der Waals surface area contributed by atoms with E-state index in [0.29, 0.717) is 17.7 Å². The summed E-state index contributed by atoms with van der Waals surface area (Å²) in [6.07, 6.45) is 8.53. The Labute approximate surface area is 132 Å². The van der Waals surface area contributed by atoms with E-state index in [1.807, 2.05) is 17.2 Å². The standard InChI is InChI=1S/C17H17N5O/c23-17(10-1-2-10)22-6-4-11(9-22)15-14-12(8-20-21-15)7-19-16-13(14)3-5-18-16/h3,5,7-8,10-11,21H,1-2,4,6,9H2. The Bertz CT molecular complexity index is 914. The maximum atomic E-state index is 12.3. The highest BCUT2D eigenvalue weighted by Gasteiger charge is 2.37. The average Bonchev–Trinajstić information content (AvgIpc) is 3.12. The smallest absolute Gasteiger partial charge is 0.225 e. The van der Waals surface area contributed by atoms with Crippen molar-refractivity contribution in [3.63, 3.8) is 0 Å². The fourth-order valence-corrected chi connectivity index (χ4v) is 3.68. The van der Waals surface area contributed by atoms with Crippen LogP contribution >= 0.6 is 0 Å². The van der Waals surface area contributed by atoms with Gasteiger partial charge in [-0.05, 0) is 25.3 Å². The van der Waals surface area contributed by atoms with E-state index in [1.165, 1.54) is 0 Å². The minimum absolute atomic E-state index is 0.290. The molecule has 6 nitrogen and oxygen atoms in total. The Hall–Kier alpha value is -2.50. The van der Waals surface area contributed by atoms with Gasteiger partial charge < -0.3 is 4.90 Å². The Morgan fingerprint density at radius 1 is 1.22 bits per heavy atom. The van der Waals surface area contributed by atoms with Crippen LogP contribution in [0.25, 0.3) is 21.8 Å². The lowest BCUT2D eigenvalue weighted by molar-refractivity contribution is -0.131. The molecule has 116 valence electrons. The maximum absolute atomic E-state index is 12.3. The second-order valence-electron chi connectivity index (χ2n) is 6.60. The molecule has 1 aliphatic heterocycles. The number of carbonyl (C=O) groups excluding carboxylic acids is 1. The highest BCUT2D eigenvalue weighted by molar-refractivity contribution is 6.05. The quantitative estimate of drug-likeness (QED) is 0.788. The fourth-order valence-electron chi connectivity index (χ4n) is 3.68. The summed E-state index contributed by atoms with van der Waals surface area (Å²) >= 11 is 0. The van der Waals surface area contributed by atoms with E-state index in [0.717, 1.165) is 59.9 Å². The normalized spacial score (nSPS) is 21.4. The van der Waals surface area contributed by atoms with E-state index in [2.05, 4.69) is 20.2 Å². The van der Waals surface area contributed by atoms with Crippen molar-refractivity contribution >= 4 is 27.7 Å². The van der Waals surface area contributed by atoms with Crippen LogP contribution in [0.4, 0.5) is 0 Å². The van der Waals surface area contributed by atoms with Crippen LogP contribution in [0.3, 0.4) is 0 Å². The first kappa shape index (κ1) is 13.0. The first-order chi connectivity index (χ1) is 11.3. The van der Waals surface area contributed by atoms with E-state index in [9.17, 15) is 4.79 Å². The average molecular weight is 307 g/mol. The van der Waals surface area contributed by atoms with Gasteiger partial charge in [0, 0.05) is 59.2 Å². The van der Waals surface area contributed by atoms with E-state index < -0.39 is 0 Å². The minimum atomic E-state index is 0.290. The molecular formula is C17H17N5O. The lowest BCUT2D eigenvalue weighted by atomic mass is 9.98. The van der Waals surface area contributed by atoms with Crippen molar-refractivity contribution in [1.82, 2.24) is 25.1 Å². The summed E-state index contributed by atoms with van der Waals surface area (Å²) in [5, 5.41) is 10.7. The zero-order chi connectivity index (χ0) is 15.4. The number of pyridine rings is 1. The number of amides is 1. The van der Waals surface area contributed by atoms with Crippen molar-refractivity contribution in [3.8, 4) is 0 Å². The summed E-state index contributed by atoms with van der Waals surface area (Å²) in [5.74, 6) is 0.926. The van der Waals surface area contributed by atoms with Crippen LogP contribution in [-0.4, -0.2) is 44.1 Å². The zero-order valence-electron chi connectivity index (χ0n) is 12.7. The van der Waals surface area contributed by atoms with Crippen LogP contribution in [0.2, 0.25) is 0 Å². The molecule has 3 aromatic heterocycles. The van der Waals surface area contributed by atoms with Gasteiger partial charge in [0.05, 0.1) is 6.20 Å². The summed E-state index contributed by atoms with van der Waals surface area (Å²) < 4.78 is 0. The van der Waals surface area contributed by atoms with Gasteiger partial charge in [0.2, 0.25) is 5.91 Å². The molecule has 6 heteroatoms. The monoisotopic (exact) mass is 307 g/mol.